The molecule has 122 valence electrons. The number of rotatable bonds is 8. The lowest BCUT2D eigenvalue weighted by Gasteiger charge is -2.08. The summed E-state index contributed by atoms with van der Waals surface area (Å²) in [5.41, 5.74) is -0.774. The summed E-state index contributed by atoms with van der Waals surface area (Å²) < 4.78 is 32.7. The van der Waals surface area contributed by atoms with E-state index in [1.165, 1.54) is 0 Å². The second-order valence-electron chi connectivity index (χ2n) is 3.91. The molecule has 0 saturated carbocycles. The monoisotopic (exact) mass is 334 g/mol. The molecule has 0 unspecified atom stereocenters. The van der Waals surface area contributed by atoms with E-state index in [9.17, 15) is 18.0 Å². The molecule has 0 fully saturated rings. The van der Waals surface area contributed by atoms with Crippen LogP contribution in [0.25, 0.3) is 0 Å². The number of carboxylic acid groups (broad SMARTS) is 1. The van der Waals surface area contributed by atoms with E-state index in [1.807, 2.05) is 0 Å². The molecule has 0 aliphatic carbocycles. The van der Waals surface area contributed by atoms with Gasteiger partial charge in [0.2, 0.25) is 0 Å². The second kappa shape index (κ2) is 7.84. The van der Waals surface area contributed by atoms with Crippen LogP contribution in [-0.2, 0) is 19.0 Å². The molecule has 0 spiro atoms. The highest BCUT2D eigenvalue weighted by Crippen LogP contribution is 2.18. The maximum atomic E-state index is 11.8. The molecule has 9 nitrogen and oxygen atoms in total. The Morgan fingerprint density at radius 2 is 1.59 bits per heavy atom. The summed E-state index contributed by atoms with van der Waals surface area (Å²) in [6.07, 6.45) is 0. The Hall–Kier alpha value is -2.01. The fourth-order valence-corrected chi connectivity index (χ4v) is 2.39. The second-order valence-corrected chi connectivity index (χ2v) is 5.53. The van der Waals surface area contributed by atoms with Gasteiger partial charge in [-0.2, -0.15) is 8.42 Å². The fourth-order valence-electron chi connectivity index (χ4n) is 1.42. The van der Waals surface area contributed by atoms with Crippen molar-refractivity contribution >= 4 is 22.1 Å². The third kappa shape index (κ3) is 4.77. The summed E-state index contributed by atoms with van der Waals surface area (Å²) in [6.45, 7) is -1.82. The van der Waals surface area contributed by atoms with E-state index in [0.717, 1.165) is 18.2 Å². The molecule has 10 heteroatoms. The van der Waals surface area contributed by atoms with Gasteiger partial charge in [-0.1, -0.05) is 0 Å². The molecule has 1 aromatic rings. The topological polar surface area (TPSA) is 147 Å². The van der Waals surface area contributed by atoms with Gasteiger partial charge >= 0.3 is 11.9 Å². The number of carbonyl (C=O) groups excluding carboxylic acids is 1. The zero-order valence-electron chi connectivity index (χ0n) is 11.3. The first-order valence-electron chi connectivity index (χ1n) is 5.98. The minimum absolute atomic E-state index is 0.320. The van der Waals surface area contributed by atoms with Crippen molar-refractivity contribution in [2.24, 2.45) is 0 Å². The van der Waals surface area contributed by atoms with Crippen molar-refractivity contribution in [2.45, 2.75) is 4.90 Å². The van der Waals surface area contributed by atoms with E-state index < -0.39 is 52.3 Å². The molecule has 0 heterocycles. The summed E-state index contributed by atoms with van der Waals surface area (Å²) >= 11 is 0. The summed E-state index contributed by atoms with van der Waals surface area (Å²) in [6, 6.07) is 2.64. The van der Waals surface area contributed by atoms with E-state index in [-0.39, 0.29) is 12.2 Å². The molecule has 3 N–H and O–H groups in total. The summed E-state index contributed by atoms with van der Waals surface area (Å²) in [4.78, 5) is 22.1. The first-order valence-corrected chi connectivity index (χ1v) is 7.39. The van der Waals surface area contributed by atoms with E-state index in [1.54, 1.807) is 0 Å². The highest BCUT2D eigenvalue weighted by atomic mass is 32.2. The minimum atomic E-state index is -4.34. The molecular weight excluding hydrogens is 320 g/mol. The van der Waals surface area contributed by atoms with Crippen molar-refractivity contribution in [2.75, 3.05) is 26.4 Å². The minimum Gasteiger partial charge on any atom is -0.478 e. The lowest BCUT2D eigenvalue weighted by Crippen LogP contribution is -2.14. The number of carbonyl (C=O) groups is 2. The number of aromatic carboxylic acids is 1. The van der Waals surface area contributed by atoms with E-state index >= 15 is 0 Å². The van der Waals surface area contributed by atoms with Crippen LogP contribution in [0.4, 0.5) is 0 Å². The highest BCUT2D eigenvalue weighted by molar-refractivity contribution is 7.86. The van der Waals surface area contributed by atoms with E-state index in [2.05, 4.69) is 8.92 Å². The number of esters is 1. The summed E-state index contributed by atoms with van der Waals surface area (Å²) in [5, 5.41) is 26.1. The Balaban J connectivity index is 3.25. The molecule has 1 rings (SSSR count). The third-order valence-electron chi connectivity index (χ3n) is 2.33. The molecule has 0 atom stereocenters. The van der Waals surface area contributed by atoms with E-state index in [4.69, 9.17) is 15.3 Å². The van der Waals surface area contributed by atoms with Crippen molar-refractivity contribution in [3.05, 3.63) is 29.3 Å². The predicted molar refractivity (Wildman–Crippen MR) is 71.0 cm³/mol. The van der Waals surface area contributed by atoms with Gasteiger partial charge in [0, 0.05) is 0 Å². The number of benzene rings is 1. The van der Waals surface area contributed by atoms with E-state index in [0.29, 0.717) is 0 Å². The van der Waals surface area contributed by atoms with Crippen LogP contribution < -0.4 is 0 Å². The smallest absolute Gasteiger partial charge is 0.338 e. The van der Waals surface area contributed by atoms with Gasteiger partial charge < -0.3 is 20.1 Å². The number of ether oxygens (including phenoxy) is 1. The third-order valence-corrected chi connectivity index (χ3v) is 3.62. The lowest BCUT2D eigenvalue weighted by molar-refractivity contribution is 0.0433. The SMILES string of the molecule is O=C(O)c1cc(C(=O)OCCO)cc(S(=O)(=O)OCCO)c1. The summed E-state index contributed by atoms with van der Waals surface area (Å²) in [5.74, 6) is -2.44. The zero-order chi connectivity index (χ0) is 16.8. The standard InChI is InChI=1S/C12H14O9S/c13-1-3-20-12(17)9-5-8(11(15)16)6-10(7-9)22(18,19)21-4-2-14/h5-7,13-14H,1-4H2,(H,15,16). The maximum Gasteiger partial charge on any atom is 0.338 e. The Morgan fingerprint density at radius 1 is 1.00 bits per heavy atom. The average Bonchev–Trinajstić information content (AvgIpc) is 2.50. The van der Waals surface area contributed by atoms with Gasteiger partial charge in [0.05, 0.1) is 35.8 Å². The molecule has 0 saturated heterocycles. The average molecular weight is 334 g/mol. The molecule has 1 aromatic carbocycles. The Morgan fingerprint density at radius 3 is 2.14 bits per heavy atom. The first kappa shape index (κ1) is 18.0. The molecule has 0 aliphatic rings. The summed E-state index contributed by atoms with van der Waals surface area (Å²) in [7, 11) is -4.34. The van der Waals surface area contributed by atoms with Crippen molar-refractivity contribution in [1.82, 2.24) is 0 Å². The van der Waals surface area contributed by atoms with Crippen LogP contribution in [0.1, 0.15) is 20.7 Å². The van der Waals surface area contributed by atoms with Crippen molar-refractivity contribution in [3.63, 3.8) is 0 Å². The van der Waals surface area contributed by atoms with Crippen LogP contribution in [-0.4, -0.2) is 62.1 Å². The van der Waals surface area contributed by atoms with Crippen LogP contribution in [0.3, 0.4) is 0 Å². The zero-order valence-corrected chi connectivity index (χ0v) is 12.1. The van der Waals surface area contributed by atoms with Gasteiger partial charge in [-0.3, -0.25) is 4.18 Å². The van der Waals surface area contributed by atoms with Crippen LogP contribution in [0.5, 0.6) is 0 Å². The molecular formula is C12H14O9S. The molecule has 0 bridgehead atoms. The van der Waals surface area contributed by atoms with Crippen molar-refractivity contribution < 1.29 is 42.2 Å². The molecule has 22 heavy (non-hydrogen) atoms. The number of hydrogen-bond donors (Lipinski definition) is 3. The molecule has 0 aromatic heterocycles. The highest BCUT2D eigenvalue weighted by Gasteiger charge is 2.21. The van der Waals surface area contributed by atoms with Gasteiger partial charge in [0.1, 0.15) is 6.61 Å². The predicted octanol–water partition coefficient (Wildman–Crippen LogP) is -0.768. The van der Waals surface area contributed by atoms with Crippen LogP contribution >= 0.6 is 0 Å². The number of hydrogen-bond acceptors (Lipinski definition) is 8. The number of carboxylic acids is 1. The van der Waals surface area contributed by atoms with Crippen molar-refractivity contribution in [1.29, 1.82) is 0 Å². The number of aliphatic hydroxyl groups is 2. The largest absolute Gasteiger partial charge is 0.478 e. The molecule has 0 amide bonds. The first-order chi connectivity index (χ1) is 10.3. The van der Waals surface area contributed by atoms with Gasteiger partial charge in [-0.25, -0.2) is 9.59 Å². The lowest BCUT2D eigenvalue weighted by atomic mass is 10.1. The van der Waals surface area contributed by atoms with Gasteiger partial charge in [-0.05, 0) is 18.2 Å². The number of aliphatic hydroxyl groups excluding tert-OH is 2. The van der Waals surface area contributed by atoms with Crippen LogP contribution in [0, 0.1) is 0 Å². The maximum absolute atomic E-state index is 11.8. The quantitative estimate of drug-likeness (QED) is 0.412. The fraction of sp³-hybridized carbons (Fsp3) is 0.333. The van der Waals surface area contributed by atoms with Crippen LogP contribution in [0.15, 0.2) is 23.1 Å². The van der Waals surface area contributed by atoms with Gasteiger partial charge in [0.25, 0.3) is 10.1 Å². The Bertz CT molecular complexity index is 651. The normalized spacial score (nSPS) is 11.2. The Kier molecular flexibility index (Phi) is 6.43. The molecule has 0 aliphatic heterocycles. The van der Waals surface area contributed by atoms with Crippen molar-refractivity contribution in [3.8, 4) is 0 Å². The molecule has 0 radical (unpaired) electrons. The van der Waals surface area contributed by atoms with Crippen LogP contribution in [0.2, 0.25) is 0 Å². The Labute approximate surface area is 125 Å². The van der Waals surface area contributed by atoms with Gasteiger partial charge in [0.15, 0.2) is 0 Å². The van der Waals surface area contributed by atoms with Gasteiger partial charge in [-0.15, -0.1) is 0 Å².